The number of benzene rings is 3. The number of hydrogen-bond acceptors (Lipinski definition) is 3. The summed E-state index contributed by atoms with van der Waals surface area (Å²) in [6.45, 7) is 3.43. The van der Waals surface area contributed by atoms with Crippen molar-refractivity contribution >= 4 is 11.8 Å². The van der Waals surface area contributed by atoms with Gasteiger partial charge in [-0.3, -0.25) is 4.90 Å². The van der Waals surface area contributed by atoms with Crippen molar-refractivity contribution in [3.63, 3.8) is 0 Å². The first-order valence-corrected chi connectivity index (χ1v) is 10.6. The Labute approximate surface area is 165 Å². The smallest absolute Gasteiger partial charge is 0.0988 e. The van der Waals surface area contributed by atoms with E-state index in [1.165, 1.54) is 27.1 Å². The molecule has 0 N–H and O–H groups in total. The van der Waals surface area contributed by atoms with Crippen LogP contribution in [0.1, 0.15) is 22.3 Å². The summed E-state index contributed by atoms with van der Waals surface area (Å²) in [7, 11) is 0. The third kappa shape index (κ3) is 2.73. The van der Waals surface area contributed by atoms with Gasteiger partial charge in [-0.2, -0.15) is 0 Å². The molecular weight excluding hydrogens is 350 g/mol. The lowest BCUT2D eigenvalue weighted by Crippen LogP contribution is -2.53. The second-order valence-electron chi connectivity index (χ2n) is 7.12. The van der Waals surface area contributed by atoms with Crippen LogP contribution in [0.5, 0.6) is 0 Å². The highest BCUT2D eigenvalue weighted by molar-refractivity contribution is 7.98. The van der Waals surface area contributed by atoms with E-state index in [1.54, 1.807) is 0 Å². The number of hydrogen-bond donors (Lipinski definition) is 0. The van der Waals surface area contributed by atoms with Crippen LogP contribution < -0.4 is 0 Å². The quantitative estimate of drug-likeness (QED) is 0.633. The Bertz CT molecular complexity index is 886. The minimum atomic E-state index is -0.276. The first kappa shape index (κ1) is 17.1. The third-order valence-electron chi connectivity index (χ3n) is 5.74. The Hall–Kier alpha value is -2.07. The van der Waals surface area contributed by atoms with Gasteiger partial charge in [0.1, 0.15) is 0 Å². The van der Waals surface area contributed by atoms with Crippen molar-refractivity contribution in [2.45, 2.75) is 16.2 Å². The Morgan fingerprint density at radius 1 is 0.741 bits per heavy atom. The van der Waals surface area contributed by atoms with Gasteiger partial charge in [0, 0.05) is 23.7 Å². The molecular formula is C24H23NOS. The molecule has 2 aliphatic rings. The molecule has 136 valence electrons. The molecule has 27 heavy (non-hydrogen) atoms. The summed E-state index contributed by atoms with van der Waals surface area (Å²) >= 11 is 1.96. The fourth-order valence-corrected chi connectivity index (χ4v) is 5.71. The first-order chi connectivity index (χ1) is 13.4. The molecule has 2 aliphatic heterocycles. The van der Waals surface area contributed by atoms with Crippen molar-refractivity contribution in [1.82, 2.24) is 4.90 Å². The van der Waals surface area contributed by atoms with Gasteiger partial charge in [-0.15, -0.1) is 11.8 Å². The number of morpholine rings is 1. The maximum Gasteiger partial charge on any atom is 0.0988 e. The summed E-state index contributed by atoms with van der Waals surface area (Å²) in [6.07, 6.45) is 0. The number of fused-ring (bicyclic) bond motifs is 2. The summed E-state index contributed by atoms with van der Waals surface area (Å²) in [5.41, 5.74) is 5.30. The van der Waals surface area contributed by atoms with Gasteiger partial charge in [-0.1, -0.05) is 72.8 Å². The molecule has 1 fully saturated rings. The lowest BCUT2D eigenvalue weighted by Gasteiger charge is -2.47. The number of nitrogens with zero attached hydrogens (tertiary/aromatic N) is 1. The standard InChI is InChI=1S/C24H23NOS/c1-2-9-20(10-3-1)24(25-14-16-26-17-15-25)21-11-5-4-8-19(21)18-27-23-13-7-6-12-22(23)24/h1-13H,14-18H2. The molecule has 5 rings (SSSR count). The van der Waals surface area contributed by atoms with Gasteiger partial charge in [0.15, 0.2) is 0 Å². The van der Waals surface area contributed by atoms with E-state index in [0.717, 1.165) is 32.1 Å². The summed E-state index contributed by atoms with van der Waals surface area (Å²) in [4.78, 5) is 4.01. The zero-order valence-corrected chi connectivity index (χ0v) is 16.1. The van der Waals surface area contributed by atoms with Crippen molar-refractivity contribution in [2.75, 3.05) is 26.3 Å². The molecule has 1 atom stereocenters. The fourth-order valence-electron chi connectivity index (χ4n) is 4.60. The average Bonchev–Trinajstić information content (AvgIpc) is 2.90. The van der Waals surface area contributed by atoms with Crippen molar-refractivity contribution in [3.05, 3.63) is 101 Å². The highest BCUT2D eigenvalue weighted by Crippen LogP contribution is 2.50. The van der Waals surface area contributed by atoms with E-state index in [1.807, 2.05) is 11.8 Å². The lowest BCUT2D eigenvalue weighted by atomic mass is 9.74. The van der Waals surface area contributed by atoms with Crippen molar-refractivity contribution in [1.29, 1.82) is 0 Å². The maximum atomic E-state index is 5.73. The Morgan fingerprint density at radius 2 is 1.41 bits per heavy atom. The number of thioether (sulfide) groups is 1. The van der Waals surface area contributed by atoms with E-state index < -0.39 is 0 Å². The molecule has 0 bridgehead atoms. The summed E-state index contributed by atoms with van der Waals surface area (Å²) in [5.74, 6) is 1.01. The predicted octanol–water partition coefficient (Wildman–Crippen LogP) is 4.92. The molecule has 2 nitrogen and oxygen atoms in total. The molecule has 1 saturated heterocycles. The van der Waals surface area contributed by atoms with E-state index >= 15 is 0 Å². The number of ether oxygens (including phenoxy) is 1. The van der Waals surface area contributed by atoms with Gasteiger partial charge in [0.25, 0.3) is 0 Å². The second-order valence-corrected chi connectivity index (χ2v) is 8.14. The summed E-state index contributed by atoms with van der Waals surface area (Å²) < 4.78 is 5.73. The number of rotatable bonds is 2. The first-order valence-electron chi connectivity index (χ1n) is 9.60. The zero-order chi connectivity index (χ0) is 18.1. The lowest BCUT2D eigenvalue weighted by molar-refractivity contribution is 0.00151. The van der Waals surface area contributed by atoms with Crippen LogP contribution in [0.3, 0.4) is 0 Å². The highest BCUT2D eigenvalue weighted by Gasteiger charge is 2.46. The Kier molecular flexibility index (Phi) is 4.52. The third-order valence-corrected chi connectivity index (χ3v) is 6.87. The van der Waals surface area contributed by atoms with Gasteiger partial charge in [-0.05, 0) is 28.3 Å². The van der Waals surface area contributed by atoms with Crippen LogP contribution in [0, 0.1) is 0 Å². The molecule has 3 aromatic rings. The molecule has 3 heteroatoms. The minimum Gasteiger partial charge on any atom is -0.379 e. The maximum absolute atomic E-state index is 5.73. The molecule has 0 spiro atoms. The molecule has 2 heterocycles. The average molecular weight is 374 g/mol. The van der Waals surface area contributed by atoms with Gasteiger partial charge < -0.3 is 4.74 Å². The Morgan fingerprint density at radius 3 is 2.22 bits per heavy atom. The zero-order valence-electron chi connectivity index (χ0n) is 15.3. The van der Waals surface area contributed by atoms with Crippen LogP contribution >= 0.6 is 11.8 Å². The van der Waals surface area contributed by atoms with Crippen molar-refractivity contribution < 1.29 is 4.74 Å². The van der Waals surface area contributed by atoms with E-state index in [4.69, 9.17) is 4.74 Å². The summed E-state index contributed by atoms with van der Waals surface area (Å²) in [6, 6.07) is 29.0. The van der Waals surface area contributed by atoms with Crippen molar-refractivity contribution in [2.24, 2.45) is 0 Å². The monoisotopic (exact) mass is 373 g/mol. The second kappa shape index (κ2) is 7.16. The van der Waals surface area contributed by atoms with E-state index in [2.05, 4.69) is 83.8 Å². The molecule has 0 saturated carbocycles. The fraction of sp³-hybridized carbons (Fsp3) is 0.250. The van der Waals surface area contributed by atoms with Crippen LogP contribution in [0.25, 0.3) is 0 Å². The van der Waals surface area contributed by atoms with Crippen LogP contribution in [0.2, 0.25) is 0 Å². The molecule has 0 amide bonds. The molecule has 1 unspecified atom stereocenters. The van der Waals surface area contributed by atoms with Gasteiger partial charge in [-0.25, -0.2) is 0 Å². The van der Waals surface area contributed by atoms with E-state index in [9.17, 15) is 0 Å². The largest absolute Gasteiger partial charge is 0.379 e. The van der Waals surface area contributed by atoms with Gasteiger partial charge in [0.2, 0.25) is 0 Å². The molecule has 3 aromatic carbocycles. The molecule has 0 aromatic heterocycles. The minimum absolute atomic E-state index is 0.276. The molecule has 0 radical (unpaired) electrons. The van der Waals surface area contributed by atoms with Gasteiger partial charge in [0.05, 0.1) is 18.8 Å². The summed E-state index contributed by atoms with van der Waals surface area (Å²) in [5, 5.41) is 0. The van der Waals surface area contributed by atoms with Crippen LogP contribution in [0.4, 0.5) is 0 Å². The van der Waals surface area contributed by atoms with Crippen LogP contribution in [0.15, 0.2) is 83.8 Å². The Balaban J connectivity index is 1.88. The van der Waals surface area contributed by atoms with Crippen LogP contribution in [-0.4, -0.2) is 31.2 Å². The van der Waals surface area contributed by atoms with Crippen LogP contribution in [-0.2, 0) is 16.0 Å². The van der Waals surface area contributed by atoms with E-state index in [-0.39, 0.29) is 5.54 Å². The SMILES string of the molecule is c1ccc(C2(N3CCOCC3)c3ccccc3CSc3ccccc32)cc1. The van der Waals surface area contributed by atoms with Crippen molar-refractivity contribution in [3.8, 4) is 0 Å². The molecule has 0 aliphatic carbocycles. The highest BCUT2D eigenvalue weighted by atomic mass is 32.2. The van der Waals surface area contributed by atoms with Gasteiger partial charge >= 0.3 is 0 Å². The van der Waals surface area contributed by atoms with E-state index in [0.29, 0.717) is 0 Å². The topological polar surface area (TPSA) is 12.5 Å². The normalized spacial score (nSPS) is 22.5. The predicted molar refractivity (Wildman–Crippen MR) is 111 cm³/mol.